The van der Waals surface area contributed by atoms with Crippen molar-refractivity contribution in [3.63, 3.8) is 0 Å². The maximum atomic E-state index is 12.3. The third kappa shape index (κ3) is 3.92. The summed E-state index contributed by atoms with van der Waals surface area (Å²) < 4.78 is 2.13. The highest BCUT2D eigenvalue weighted by molar-refractivity contribution is 5.95. The predicted molar refractivity (Wildman–Crippen MR) is 108 cm³/mol. The third-order valence-electron chi connectivity index (χ3n) is 4.55. The van der Waals surface area contributed by atoms with Crippen molar-refractivity contribution >= 4 is 12.1 Å². The van der Waals surface area contributed by atoms with Gasteiger partial charge in [-0.3, -0.25) is 4.79 Å². The number of carbonyl (C=O) groups is 1. The summed E-state index contributed by atoms with van der Waals surface area (Å²) in [4.78, 5) is 12.3. The number of carbonyl (C=O) groups excluding carboxylic acids is 1. The molecule has 2 N–H and O–H groups in total. The van der Waals surface area contributed by atoms with Crippen molar-refractivity contribution in [2.24, 2.45) is 5.10 Å². The van der Waals surface area contributed by atoms with Crippen molar-refractivity contribution < 1.29 is 9.90 Å². The van der Waals surface area contributed by atoms with Crippen LogP contribution in [0.5, 0.6) is 5.75 Å². The Labute approximate surface area is 159 Å². The van der Waals surface area contributed by atoms with Crippen LogP contribution < -0.4 is 5.43 Å². The molecule has 1 heterocycles. The number of rotatable bonds is 4. The lowest BCUT2D eigenvalue weighted by atomic mass is 10.1. The molecule has 0 bridgehead atoms. The average Bonchev–Trinajstić information content (AvgIpc) is 2.98. The number of nitrogens with one attached hydrogen (secondary N) is 1. The first-order valence-corrected chi connectivity index (χ1v) is 8.76. The van der Waals surface area contributed by atoms with E-state index in [4.69, 9.17) is 0 Å². The molecule has 3 aromatic rings. The van der Waals surface area contributed by atoms with E-state index in [1.165, 1.54) is 0 Å². The lowest BCUT2D eigenvalue weighted by Gasteiger charge is -2.10. The van der Waals surface area contributed by atoms with Crippen molar-refractivity contribution in [1.29, 1.82) is 0 Å². The zero-order valence-corrected chi connectivity index (χ0v) is 15.9. The molecule has 0 spiro atoms. The predicted octanol–water partition coefficient (Wildman–Crippen LogP) is 4.18. The van der Waals surface area contributed by atoms with Gasteiger partial charge in [0.25, 0.3) is 5.91 Å². The zero-order chi connectivity index (χ0) is 19.6. The summed E-state index contributed by atoms with van der Waals surface area (Å²) in [6.07, 6.45) is 1.57. The van der Waals surface area contributed by atoms with Gasteiger partial charge in [-0.25, -0.2) is 5.43 Å². The number of benzene rings is 2. The fourth-order valence-electron chi connectivity index (χ4n) is 3.13. The quantitative estimate of drug-likeness (QED) is 0.541. The normalized spacial score (nSPS) is 11.1. The molecule has 5 heteroatoms. The number of aromatic nitrogens is 1. The lowest BCUT2D eigenvalue weighted by molar-refractivity contribution is 0.0955. The average molecular weight is 361 g/mol. The van der Waals surface area contributed by atoms with Crippen LogP contribution in [0, 0.1) is 27.7 Å². The molecule has 0 radical (unpaired) electrons. The van der Waals surface area contributed by atoms with Gasteiger partial charge in [0.2, 0.25) is 0 Å². The largest absolute Gasteiger partial charge is 0.507 e. The molecule has 5 nitrogen and oxygen atoms in total. The second-order valence-corrected chi connectivity index (χ2v) is 6.70. The van der Waals surface area contributed by atoms with Crippen LogP contribution in [-0.4, -0.2) is 21.8 Å². The molecule has 0 fully saturated rings. The van der Waals surface area contributed by atoms with Gasteiger partial charge in [-0.2, -0.15) is 5.10 Å². The van der Waals surface area contributed by atoms with Crippen LogP contribution in [0.2, 0.25) is 0 Å². The van der Waals surface area contributed by atoms with Gasteiger partial charge in [-0.05, 0) is 92.9 Å². The lowest BCUT2D eigenvalue weighted by Crippen LogP contribution is -2.17. The van der Waals surface area contributed by atoms with E-state index in [0.29, 0.717) is 5.56 Å². The standard InChI is InChI=1S/C22H23N3O2/c1-14-11-18(12-15(2)21(14)26)13-23-24-22(27)19-7-9-20(10-8-19)25-16(3)5-6-17(25)4/h5-13,26H,1-4H3,(H,24,27)/b23-13-. The first-order chi connectivity index (χ1) is 12.9. The summed E-state index contributed by atoms with van der Waals surface area (Å²) in [5, 5.41) is 13.8. The first kappa shape index (κ1) is 18.5. The molecule has 27 heavy (non-hydrogen) atoms. The molecule has 0 aliphatic carbocycles. The minimum absolute atomic E-state index is 0.272. The van der Waals surface area contributed by atoms with Gasteiger partial charge < -0.3 is 9.67 Å². The van der Waals surface area contributed by atoms with Gasteiger partial charge in [-0.15, -0.1) is 0 Å². The summed E-state index contributed by atoms with van der Waals surface area (Å²) in [5.41, 5.74) is 8.75. The Morgan fingerprint density at radius 1 is 0.963 bits per heavy atom. The van der Waals surface area contributed by atoms with Gasteiger partial charge in [0, 0.05) is 22.6 Å². The molecule has 0 atom stereocenters. The number of hydrogen-bond acceptors (Lipinski definition) is 3. The van der Waals surface area contributed by atoms with Crippen molar-refractivity contribution in [2.45, 2.75) is 27.7 Å². The molecule has 0 aliphatic rings. The number of phenols is 1. The first-order valence-electron chi connectivity index (χ1n) is 8.76. The van der Waals surface area contributed by atoms with Gasteiger partial charge in [0.05, 0.1) is 6.21 Å². The molecule has 1 amide bonds. The Morgan fingerprint density at radius 3 is 2.07 bits per heavy atom. The van der Waals surface area contributed by atoms with E-state index in [2.05, 4.69) is 41.1 Å². The van der Waals surface area contributed by atoms with E-state index in [0.717, 1.165) is 33.8 Å². The summed E-state index contributed by atoms with van der Waals surface area (Å²) in [6.45, 7) is 7.76. The Bertz CT molecular complexity index is 972. The van der Waals surface area contributed by atoms with Crippen LogP contribution in [-0.2, 0) is 0 Å². The summed E-state index contributed by atoms with van der Waals surface area (Å²) in [7, 11) is 0. The molecule has 1 aromatic heterocycles. The second kappa shape index (κ2) is 7.50. The van der Waals surface area contributed by atoms with Crippen LogP contribution in [0.3, 0.4) is 0 Å². The van der Waals surface area contributed by atoms with Crippen LogP contribution in [0.1, 0.15) is 38.4 Å². The number of hydrazone groups is 1. The number of hydrogen-bond donors (Lipinski definition) is 2. The van der Waals surface area contributed by atoms with Gasteiger partial charge in [0.15, 0.2) is 0 Å². The van der Waals surface area contributed by atoms with E-state index in [1.807, 2.05) is 38.1 Å². The number of amides is 1. The van der Waals surface area contributed by atoms with E-state index < -0.39 is 0 Å². The number of aromatic hydroxyl groups is 1. The molecule has 0 aliphatic heterocycles. The highest BCUT2D eigenvalue weighted by Crippen LogP contribution is 2.22. The molecule has 0 unspecified atom stereocenters. The van der Waals surface area contributed by atoms with Crippen LogP contribution >= 0.6 is 0 Å². The fourth-order valence-corrected chi connectivity index (χ4v) is 3.13. The smallest absolute Gasteiger partial charge is 0.271 e. The van der Waals surface area contributed by atoms with E-state index in [-0.39, 0.29) is 11.7 Å². The Kier molecular flexibility index (Phi) is 5.12. The molecule has 3 rings (SSSR count). The fraction of sp³-hybridized carbons (Fsp3) is 0.182. The second-order valence-electron chi connectivity index (χ2n) is 6.70. The monoisotopic (exact) mass is 361 g/mol. The van der Waals surface area contributed by atoms with Crippen LogP contribution in [0.25, 0.3) is 5.69 Å². The van der Waals surface area contributed by atoms with E-state index >= 15 is 0 Å². The number of phenolic OH excluding ortho intramolecular Hbond substituents is 1. The van der Waals surface area contributed by atoms with E-state index in [9.17, 15) is 9.90 Å². The molecule has 0 saturated heterocycles. The number of nitrogens with zero attached hydrogens (tertiary/aromatic N) is 2. The Hall–Kier alpha value is -3.34. The zero-order valence-electron chi connectivity index (χ0n) is 15.9. The Morgan fingerprint density at radius 2 is 1.52 bits per heavy atom. The highest BCUT2D eigenvalue weighted by Gasteiger charge is 2.07. The Balaban J connectivity index is 1.70. The molecular formula is C22H23N3O2. The highest BCUT2D eigenvalue weighted by atomic mass is 16.3. The van der Waals surface area contributed by atoms with Crippen LogP contribution in [0.15, 0.2) is 53.6 Å². The molecule has 138 valence electrons. The van der Waals surface area contributed by atoms with Crippen LogP contribution in [0.4, 0.5) is 0 Å². The molecular weight excluding hydrogens is 338 g/mol. The van der Waals surface area contributed by atoms with Gasteiger partial charge in [0.1, 0.15) is 5.75 Å². The summed E-state index contributed by atoms with van der Waals surface area (Å²) in [6, 6.07) is 15.2. The maximum Gasteiger partial charge on any atom is 0.271 e. The van der Waals surface area contributed by atoms with Crippen molar-refractivity contribution in [2.75, 3.05) is 0 Å². The molecule has 0 saturated carbocycles. The maximum absolute atomic E-state index is 12.3. The summed E-state index contributed by atoms with van der Waals surface area (Å²) >= 11 is 0. The number of aryl methyl sites for hydroxylation is 4. The van der Waals surface area contributed by atoms with E-state index in [1.54, 1.807) is 18.3 Å². The molecule has 2 aromatic carbocycles. The van der Waals surface area contributed by atoms with Crippen molar-refractivity contribution in [1.82, 2.24) is 9.99 Å². The van der Waals surface area contributed by atoms with Gasteiger partial charge >= 0.3 is 0 Å². The van der Waals surface area contributed by atoms with Gasteiger partial charge in [-0.1, -0.05) is 0 Å². The topological polar surface area (TPSA) is 66.6 Å². The third-order valence-corrected chi connectivity index (χ3v) is 4.55. The summed E-state index contributed by atoms with van der Waals surface area (Å²) in [5.74, 6) is 0.00964. The minimum atomic E-state index is -0.272. The SMILES string of the molecule is Cc1cc(/C=N\NC(=O)c2ccc(-n3c(C)ccc3C)cc2)cc(C)c1O. The minimum Gasteiger partial charge on any atom is -0.507 e. The van der Waals surface area contributed by atoms with Crippen molar-refractivity contribution in [3.8, 4) is 11.4 Å². The van der Waals surface area contributed by atoms with Crippen molar-refractivity contribution in [3.05, 3.63) is 82.2 Å².